The molecule has 0 fully saturated rings. The van der Waals surface area contributed by atoms with E-state index in [1.54, 1.807) is 24.3 Å². The first-order valence-corrected chi connectivity index (χ1v) is 8.31. The summed E-state index contributed by atoms with van der Waals surface area (Å²) in [6, 6.07) is 6.84. The van der Waals surface area contributed by atoms with Crippen LogP contribution in [0.5, 0.6) is 0 Å². The lowest BCUT2D eigenvalue weighted by Gasteiger charge is -2.16. The van der Waals surface area contributed by atoms with E-state index in [0.717, 1.165) is 0 Å². The molecular weight excluding hydrogens is 316 g/mol. The molecule has 0 aliphatic carbocycles. The first-order valence-electron chi connectivity index (χ1n) is 7.32. The molecule has 2 amide bonds. The van der Waals surface area contributed by atoms with E-state index in [9.17, 15) is 19.5 Å². The quantitative estimate of drug-likeness (QED) is 0.594. The Morgan fingerprint density at radius 3 is 2.48 bits per heavy atom. The number of rotatable bonds is 9. The molecule has 0 spiro atoms. The molecule has 126 valence electrons. The Morgan fingerprint density at radius 1 is 1.26 bits per heavy atom. The number of benzene rings is 1. The number of carbonyl (C=O) groups is 3. The van der Waals surface area contributed by atoms with E-state index < -0.39 is 17.8 Å². The highest BCUT2D eigenvalue weighted by Crippen LogP contribution is 2.22. The first-order chi connectivity index (χ1) is 10.8. The van der Waals surface area contributed by atoms with Crippen molar-refractivity contribution in [3.05, 3.63) is 29.8 Å². The molecule has 1 unspecified atom stereocenters. The van der Waals surface area contributed by atoms with Crippen molar-refractivity contribution in [3.8, 4) is 0 Å². The minimum absolute atomic E-state index is 0.0706. The number of amides is 2. The summed E-state index contributed by atoms with van der Waals surface area (Å²) in [5.74, 6) is -2.05. The summed E-state index contributed by atoms with van der Waals surface area (Å²) < 4.78 is 0. The third-order valence-electron chi connectivity index (χ3n) is 3.12. The Morgan fingerprint density at radius 2 is 1.91 bits per heavy atom. The number of nitrogens with one attached hydrogen (secondary N) is 1. The predicted octanol–water partition coefficient (Wildman–Crippen LogP) is 1.74. The zero-order valence-corrected chi connectivity index (χ0v) is 14.1. The van der Waals surface area contributed by atoms with E-state index in [4.69, 9.17) is 5.73 Å². The summed E-state index contributed by atoms with van der Waals surface area (Å²) in [6.07, 6.45) is 0.494. The zero-order valence-electron chi connectivity index (χ0n) is 13.2. The fourth-order valence-corrected chi connectivity index (χ4v) is 2.87. The van der Waals surface area contributed by atoms with Gasteiger partial charge in [-0.1, -0.05) is 26.0 Å². The fraction of sp³-hybridized carbons (Fsp3) is 0.438. The van der Waals surface area contributed by atoms with Crippen LogP contribution in [-0.2, 0) is 9.59 Å². The monoisotopic (exact) mass is 338 g/mol. The second-order valence-corrected chi connectivity index (χ2v) is 6.64. The molecule has 0 radical (unpaired) electrons. The number of carbonyl (C=O) groups excluding carboxylic acids is 2. The molecule has 1 aromatic carbocycles. The minimum atomic E-state index is -0.921. The van der Waals surface area contributed by atoms with Crippen LogP contribution in [0, 0.1) is 11.8 Å². The zero-order chi connectivity index (χ0) is 17.4. The topological polar surface area (TPSA) is 109 Å². The van der Waals surface area contributed by atoms with E-state index in [-0.39, 0.29) is 24.1 Å². The van der Waals surface area contributed by atoms with E-state index in [1.165, 1.54) is 11.8 Å². The number of aliphatic carboxylic acids is 1. The predicted molar refractivity (Wildman–Crippen MR) is 89.3 cm³/mol. The molecular formula is C16H22N2O4S. The van der Waals surface area contributed by atoms with Crippen LogP contribution in [-0.4, -0.2) is 35.2 Å². The van der Waals surface area contributed by atoms with Gasteiger partial charge in [-0.05, 0) is 24.5 Å². The van der Waals surface area contributed by atoms with Crippen molar-refractivity contribution in [3.63, 3.8) is 0 Å². The van der Waals surface area contributed by atoms with Gasteiger partial charge in [0.25, 0.3) is 5.91 Å². The number of carboxylic acids is 1. The highest BCUT2D eigenvalue weighted by atomic mass is 32.2. The fourth-order valence-electron chi connectivity index (χ4n) is 2.08. The highest BCUT2D eigenvalue weighted by Gasteiger charge is 2.20. The van der Waals surface area contributed by atoms with Crippen molar-refractivity contribution in [1.29, 1.82) is 0 Å². The summed E-state index contributed by atoms with van der Waals surface area (Å²) in [5, 5.41) is 11.9. The Labute approximate surface area is 139 Å². The van der Waals surface area contributed by atoms with Gasteiger partial charge in [0.05, 0.1) is 17.2 Å². The number of hydrogen-bond acceptors (Lipinski definition) is 4. The summed E-state index contributed by atoms with van der Waals surface area (Å²) >= 11 is 1.18. The van der Waals surface area contributed by atoms with Crippen molar-refractivity contribution in [1.82, 2.24) is 5.32 Å². The molecule has 6 nitrogen and oxygen atoms in total. The van der Waals surface area contributed by atoms with Crippen molar-refractivity contribution in [2.75, 3.05) is 12.3 Å². The van der Waals surface area contributed by atoms with Crippen LogP contribution in [0.15, 0.2) is 29.2 Å². The van der Waals surface area contributed by atoms with Crippen LogP contribution in [0.4, 0.5) is 0 Å². The van der Waals surface area contributed by atoms with Gasteiger partial charge in [0.2, 0.25) is 5.91 Å². The summed E-state index contributed by atoms with van der Waals surface area (Å²) in [4.78, 5) is 35.0. The lowest BCUT2D eigenvalue weighted by molar-refractivity contribution is -0.142. The van der Waals surface area contributed by atoms with Gasteiger partial charge in [0.1, 0.15) is 0 Å². The molecule has 0 aromatic heterocycles. The van der Waals surface area contributed by atoms with Gasteiger partial charge < -0.3 is 16.2 Å². The van der Waals surface area contributed by atoms with Crippen LogP contribution in [0.25, 0.3) is 0 Å². The van der Waals surface area contributed by atoms with Gasteiger partial charge in [-0.2, -0.15) is 0 Å². The average molecular weight is 338 g/mol. The molecule has 1 aromatic rings. The normalized spacial score (nSPS) is 12.0. The molecule has 23 heavy (non-hydrogen) atoms. The van der Waals surface area contributed by atoms with Gasteiger partial charge in [0.15, 0.2) is 0 Å². The lowest BCUT2D eigenvalue weighted by Crippen LogP contribution is -2.34. The van der Waals surface area contributed by atoms with Crippen LogP contribution in [0.3, 0.4) is 0 Å². The molecule has 7 heteroatoms. The van der Waals surface area contributed by atoms with Crippen molar-refractivity contribution >= 4 is 29.5 Å². The maximum atomic E-state index is 12.3. The highest BCUT2D eigenvalue weighted by molar-refractivity contribution is 8.00. The molecule has 0 aliphatic heterocycles. The Balaban J connectivity index is 2.73. The molecule has 1 atom stereocenters. The standard InChI is InChI=1S/C16H22N2O4S/c1-10(2)7-11(16(21)22)8-18-15(20)12-5-3-4-6-13(12)23-9-14(17)19/h3-6,10-11H,7-9H2,1-2H3,(H2,17,19)(H,18,20)(H,21,22). The Kier molecular flexibility index (Phi) is 7.61. The number of thioether (sulfide) groups is 1. The van der Waals surface area contributed by atoms with Crippen molar-refractivity contribution in [2.45, 2.75) is 25.2 Å². The van der Waals surface area contributed by atoms with Crippen LogP contribution in [0.2, 0.25) is 0 Å². The molecule has 0 saturated carbocycles. The van der Waals surface area contributed by atoms with Gasteiger partial charge >= 0.3 is 5.97 Å². The third-order valence-corrected chi connectivity index (χ3v) is 4.21. The first kappa shape index (κ1) is 19.0. The summed E-state index contributed by atoms with van der Waals surface area (Å²) in [6.45, 7) is 3.95. The molecule has 0 bridgehead atoms. The number of primary amides is 1. The maximum absolute atomic E-state index is 12.3. The number of hydrogen-bond donors (Lipinski definition) is 3. The van der Waals surface area contributed by atoms with Crippen molar-refractivity contribution in [2.24, 2.45) is 17.6 Å². The maximum Gasteiger partial charge on any atom is 0.308 e. The minimum Gasteiger partial charge on any atom is -0.481 e. The smallest absolute Gasteiger partial charge is 0.308 e. The van der Waals surface area contributed by atoms with E-state index >= 15 is 0 Å². The Bertz CT molecular complexity index is 575. The molecule has 0 heterocycles. The SMILES string of the molecule is CC(C)CC(CNC(=O)c1ccccc1SCC(N)=O)C(=O)O. The molecule has 4 N–H and O–H groups in total. The summed E-state index contributed by atoms with van der Waals surface area (Å²) in [7, 11) is 0. The van der Waals surface area contributed by atoms with Gasteiger partial charge in [-0.15, -0.1) is 11.8 Å². The van der Waals surface area contributed by atoms with Gasteiger partial charge in [0, 0.05) is 11.4 Å². The van der Waals surface area contributed by atoms with Crippen LogP contribution >= 0.6 is 11.8 Å². The molecule has 0 saturated heterocycles. The third kappa shape index (κ3) is 6.73. The number of carboxylic acid groups (broad SMARTS) is 1. The molecule has 1 rings (SSSR count). The van der Waals surface area contributed by atoms with Crippen molar-refractivity contribution < 1.29 is 19.5 Å². The van der Waals surface area contributed by atoms with E-state index in [1.807, 2.05) is 13.8 Å². The van der Waals surface area contributed by atoms with Crippen LogP contribution in [0.1, 0.15) is 30.6 Å². The largest absolute Gasteiger partial charge is 0.481 e. The van der Waals surface area contributed by atoms with Crippen LogP contribution < -0.4 is 11.1 Å². The van der Waals surface area contributed by atoms with Gasteiger partial charge in [-0.3, -0.25) is 14.4 Å². The second-order valence-electron chi connectivity index (χ2n) is 5.63. The average Bonchev–Trinajstić information content (AvgIpc) is 2.48. The number of nitrogens with two attached hydrogens (primary N) is 1. The summed E-state index contributed by atoms with van der Waals surface area (Å²) in [5.41, 5.74) is 5.53. The van der Waals surface area contributed by atoms with E-state index in [2.05, 4.69) is 5.32 Å². The lowest BCUT2D eigenvalue weighted by atomic mass is 9.97. The van der Waals surface area contributed by atoms with Gasteiger partial charge in [-0.25, -0.2) is 0 Å². The molecule has 0 aliphatic rings. The second kappa shape index (κ2) is 9.19. The Hall–Kier alpha value is -2.02. The van der Waals surface area contributed by atoms with E-state index in [0.29, 0.717) is 16.9 Å².